The first-order valence-corrected chi connectivity index (χ1v) is 14.2. The molecule has 2 amide bonds. The topological polar surface area (TPSA) is 78.4 Å². The van der Waals surface area contributed by atoms with E-state index < -0.39 is 5.41 Å². The Kier molecular flexibility index (Phi) is 9.28. The van der Waals surface area contributed by atoms with E-state index in [1.165, 1.54) is 11.8 Å². The first kappa shape index (κ1) is 27.9. The van der Waals surface area contributed by atoms with Gasteiger partial charge < -0.3 is 15.1 Å². The number of nitrogens with zero attached hydrogens (tertiary/aromatic N) is 4. The first-order valence-electron chi connectivity index (χ1n) is 12.8. The Morgan fingerprint density at radius 1 is 0.974 bits per heavy atom. The lowest BCUT2D eigenvalue weighted by atomic mass is 9.94. The largest absolute Gasteiger partial charge is 0.353 e. The van der Waals surface area contributed by atoms with E-state index in [1.807, 2.05) is 74.2 Å². The van der Waals surface area contributed by atoms with Crippen LogP contribution in [0.2, 0.25) is 5.15 Å². The lowest BCUT2D eigenvalue weighted by molar-refractivity contribution is -0.139. The monoisotopic (exact) mass is 551 g/mol. The van der Waals surface area contributed by atoms with Gasteiger partial charge in [-0.05, 0) is 17.5 Å². The minimum absolute atomic E-state index is 0.0979. The van der Waals surface area contributed by atoms with Crippen LogP contribution in [0.3, 0.4) is 0 Å². The molecule has 0 saturated carbocycles. The minimum atomic E-state index is -0.397. The number of rotatable bonds is 8. The summed E-state index contributed by atoms with van der Waals surface area (Å²) in [6.45, 7) is 8.41. The lowest BCUT2D eigenvalue weighted by Crippen LogP contribution is -2.51. The third-order valence-corrected chi connectivity index (χ3v) is 7.39. The first-order chi connectivity index (χ1) is 18.2. The summed E-state index contributed by atoms with van der Waals surface area (Å²) in [5, 5.41) is 3.96. The van der Waals surface area contributed by atoms with Crippen LogP contribution < -0.4 is 10.2 Å². The zero-order valence-corrected chi connectivity index (χ0v) is 23.6. The molecular weight excluding hydrogens is 518 g/mol. The number of benzene rings is 2. The molecule has 1 aliphatic rings. The van der Waals surface area contributed by atoms with Gasteiger partial charge in [-0.2, -0.15) is 0 Å². The fourth-order valence-corrected chi connectivity index (χ4v) is 5.27. The number of amides is 2. The van der Waals surface area contributed by atoms with Crippen molar-refractivity contribution in [2.24, 2.45) is 5.41 Å². The number of nitrogens with one attached hydrogen (secondary N) is 1. The second kappa shape index (κ2) is 12.6. The van der Waals surface area contributed by atoms with Crippen LogP contribution in [0.25, 0.3) is 0 Å². The van der Waals surface area contributed by atoms with Gasteiger partial charge in [-0.25, -0.2) is 9.97 Å². The van der Waals surface area contributed by atoms with Gasteiger partial charge in [-0.1, -0.05) is 105 Å². The average Bonchev–Trinajstić information content (AvgIpc) is 2.91. The highest BCUT2D eigenvalue weighted by Gasteiger charge is 2.30. The number of hydrogen-bond donors (Lipinski definition) is 1. The van der Waals surface area contributed by atoms with Gasteiger partial charge in [-0.3, -0.25) is 9.59 Å². The molecule has 3 aromatic rings. The number of aromatic nitrogens is 2. The standard InChI is InChI=1S/C29H34ClN5O2S/c1-29(2,3)27(37)35-16-14-34(15-17-35)25-19-24(30)32-28(33-25)38-20-26(36)31-23(22-12-8-5-9-13-22)18-21-10-6-4-7-11-21/h4-13,19,23H,14-18,20H2,1-3H3,(H,31,36). The molecule has 2 heterocycles. The van der Waals surface area contributed by atoms with E-state index in [2.05, 4.69) is 32.3 Å². The maximum absolute atomic E-state index is 13.0. The molecule has 1 saturated heterocycles. The summed E-state index contributed by atoms with van der Waals surface area (Å²) in [6.07, 6.45) is 0.697. The maximum Gasteiger partial charge on any atom is 0.230 e. The second-order valence-corrected chi connectivity index (χ2v) is 11.7. The number of piperazine rings is 1. The molecule has 1 atom stereocenters. The summed E-state index contributed by atoms with van der Waals surface area (Å²) in [5.74, 6) is 0.939. The second-order valence-electron chi connectivity index (χ2n) is 10.4. The van der Waals surface area contributed by atoms with E-state index >= 15 is 0 Å². The summed E-state index contributed by atoms with van der Waals surface area (Å²) in [5.41, 5.74) is 1.81. The van der Waals surface area contributed by atoms with Crippen molar-refractivity contribution < 1.29 is 9.59 Å². The maximum atomic E-state index is 13.0. The number of anilines is 1. The van der Waals surface area contributed by atoms with Crippen molar-refractivity contribution in [3.63, 3.8) is 0 Å². The predicted molar refractivity (Wildman–Crippen MR) is 153 cm³/mol. The molecule has 1 aliphatic heterocycles. The molecule has 0 radical (unpaired) electrons. The lowest BCUT2D eigenvalue weighted by Gasteiger charge is -2.38. The van der Waals surface area contributed by atoms with Gasteiger partial charge in [0.1, 0.15) is 11.0 Å². The molecule has 2 aromatic carbocycles. The van der Waals surface area contributed by atoms with Crippen molar-refractivity contribution in [3.8, 4) is 0 Å². The fourth-order valence-electron chi connectivity index (χ4n) is 4.38. The molecule has 0 aliphatic carbocycles. The third kappa shape index (κ3) is 7.71. The normalized spacial score (nSPS) is 14.7. The van der Waals surface area contributed by atoms with E-state index in [4.69, 9.17) is 11.6 Å². The van der Waals surface area contributed by atoms with Crippen LogP contribution in [-0.2, 0) is 16.0 Å². The summed E-state index contributed by atoms with van der Waals surface area (Å²) in [6, 6.07) is 21.7. The number of carbonyl (C=O) groups is 2. The van der Waals surface area contributed by atoms with Crippen LogP contribution in [0.15, 0.2) is 71.9 Å². The van der Waals surface area contributed by atoms with Crippen molar-refractivity contribution in [2.75, 3.05) is 36.8 Å². The SMILES string of the molecule is CC(C)(C)C(=O)N1CCN(c2cc(Cl)nc(SCC(=O)NC(Cc3ccccc3)c3ccccc3)n2)CC1. The van der Waals surface area contributed by atoms with Crippen LogP contribution in [0.5, 0.6) is 0 Å². The Morgan fingerprint density at radius 2 is 1.61 bits per heavy atom. The molecule has 0 spiro atoms. The van der Waals surface area contributed by atoms with Crippen LogP contribution in [0, 0.1) is 5.41 Å². The van der Waals surface area contributed by atoms with Gasteiger partial charge >= 0.3 is 0 Å². The van der Waals surface area contributed by atoms with E-state index in [0.717, 1.165) is 11.1 Å². The Morgan fingerprint density at radius 3 is 2.24 bits per heavy atom. The summed E-state index contributed by atoms with van der Waals surface area (Å²) >= 11 is 7.59. The molecule has 7 nitrogen and oxygen atoms in total. The Labute approximate surface area is 234 Å². The van der Waals surface area contributed by atoms with Crippen molar-refractivity contribution in [1.82, 2.24) is 20.2 Å². The van der Waals surface area contributed by atoms with Crippen molar-refractivity contribution >= 4 is 41.0 Å². The van der Waals surface area contributed by atoms with Crippen molar-refractivity contribution in [3.05, 3.63) is 83.0 Å². The van der Waals surface area contributed by atoms with E-state index in [0.29, 0.717) is 48.7 Å². The molecule has 1 fully saturated rings. The zero-order chi connectivity index (χ0) is 27.1. The van der Waals surface area contributed by atoms with E-state index in [1.54, 1.807) is 6.07 Å². The van der Waals surface area contributed by atoms with Crippen LogP contribution >= 0.6 is 23.4 Å². The molecule has 0 bridgehead atoms. The van der Waals surface area contributed by atoms with Crippen molar-refractivity contribution in [2.45, 2.75) is 38.4 Å². The zero-order valence-electron chi connectivity index (χ0n) is 22.1. The van der Waals surface area contributed by atoms with Crippen LogP contribution in [0.4, 0.5) is 5.82 Å². The highest BCUT2D eigenvalue weighted by atomic mass is 35.5. The Balaban J connectivity index is 1.37. The molecular formula is C29H34ClN5O2S. The van der Waals surface area contributed by atoms with Gasteiger partial charge in [0.05, 0.1) is 11.8 Å². The summed E-state index contributed by atoms with van der Waals surface area (Å²) in [4.78, 5) is 38.6. The Bertz CT molecular complexity index is 1230. The molecule has 200 valence electrons. The fraction of sp³-hybridized carbons (Fsp3) is 0.379. The number of hydrogen-bond acceptors (Lipinski definition) is 6. The van der Waals surface area contributed by atoms with Crippen LogP contribution in [0.1, 0.15) is 37.9 Å². The van der Waals surface area contributed by atoms with E-state index in [-0.39, 0.29) is 23.6 Å². The molecule has 1 N–H and O–H groups in total. The highest BCUT2D eigenvalue weighted by Crippen LogP contribution is 2.25. The smallest absolute Gasteiger partial charge is 0.230 e. The molecule has 1 aromatic heterocycles. The number of halogens is 1. The minimum Gasteiger partial charge on any atom is -0.353 e. The van der Waals surface area contributed by atoms with Crippen molar-refractivity contribution in [1.29, 1.82) is 0 Å². The average molecular weight is 552 g/mol. The Hall–Kier alpha value is -3.10. The van der Waals surface area contributed by atoms with Crippen LogP contribution in [-0.4, -0.2) is 58.6 Å². The van der Waals surface area contributed by atoms with Gasteiger partial charge in [0.25, 0.3) is 0 Å². The van der Waals surface area contributed by atoms with Gasteiger partial charge in [0.15, 0.2) is 5.16 Å². The van der Waals surface area contributed by atoms with Gasteiger partial charge in [-0.15, -0.1) is 0 Å². The summed E-state index contributed by atoms with van der Waals surface area (Å²) in [7, 11) is 0. The van der Waals surface area contributed by atoms with E-state index in [9.17, 15) is 9.59 Å². The quantitative estimate of drug-likeness (QED) is 0.241. The molecule has 9 heteroatoms. The predicted octanol–water partition coefficient (Wildman–Crippen LogP) is 5.02. The third-order valence-electron chi connectivity index (χ3n) is 6.35. The van der Waals surface area contributed by atoms with Gasteiger partial charge in [0, 0.05) is 37.7 Å². The molecule has 38 heavy (non-hydrogen) atoms. The van der Waals surface area contributed by atoms with Gasteiger partial charge in [0.2, 0.25) is 11.8 Å². The molecule has 4 rings (SSSR count). The number of thioether (sulfide) groups is 1. The number of carbonyl (C=O) groups excluding carboxylic acids is 2. The summed E-state index contributed by atoms with van der Waals surface area (Å²) < 4.78 is 0. The molecule has 1 unspecified atom stereocenters. The highest BCUT2D eigenvalue weighted by molar-refractivity contribution is 7.99.